The monoisotopic (exact) mass is 159 g/mol. The maximum atomic E-state index is 6.62. The van der Waals surface area contributed by atoms with Crippen molar-refractivity contribution in [3.63, 3.8) is 0 Å². The fraction of sp³-hybridized carbons (Fsp3) is 0. The molecule has 0 aromatic rings. The van der Waals surface area contributed by atoms with Gasteiger partial charge in [0, 0.05) is 10.7 Å². The smallest absolute Gasteiger partial charge is 0.0255 e. The molecule has 1 N–H and O–H groups in total. The Labute approximate surface area is 51.4 Å². The maximum absolute atomic E-state index is 6.62. The zero-order valence-electron chi connectivity index (χ0n) is 3.87. The van der Waals surface area contributed by atoms with Crippen LogP contribution in [0.2, 0.25) is 0 Å². The molecule has 0 saturated carbocycles. The molecule has 38 valence electrons. The first-order valence-corrected chi connectivity index (χ1v) is 2.52. The summed E-state index contributed by atoms with van der Waals surface area (Å²) in [6.45, 7) is 6.97. The average molecular weight is 160 g/mol. The number of allylic oxidation sites excluding steroid dienone is 2. The minimum absolute atomic E-state index is 0.611. The summed E-state index contributed by atoms with van der Waals surface area (Å²) in [4.78, 5) is 0. The SMILES string of the molecule is C=C(Br)C(=C)C=N. The quantitative estimate of drug-likeness (QED) is 0.472. The summed E-state index contributed by atoms with van der Waals surface area (Å²) < 4.78 is 0.669. The molecule has 7 heavy (non-hydrogen) atoms. The lowest BCUT2D eigenvalue weighted by Gasteiger charge is -1.87. The van der Waals surface area contributed by atoms with Crippen LogP contribution in [0.25, 0.3) is 0 Å². The Balaban J connectivity index is 3.81. The van der Waals surface area contributed by atoms with Gasteiger partial charge in [0.05, 0.1) is 0 Å². The van der Waals surface area contributed by atoms with Crippen LogP contribution in [-0.2, 0) is 0 Å². The summed E-state index contributed by atoms with van der Waals surface area (Å²) in [5.74, 6) is 0. The Morgan fingerprint density at radius 1 is 1.57 bits per heavy atom. The van der Waals surface area contributed by atoms with Crippen molar-refractivity contribution >= 4 is 22.1 Å². The lowest BCUT2D eigenvalue weighted by molar-refractivity contribution is 1.56. The van der Waals surface area contributed by atoms with Crippen LogP contribution < -0.4 is 0 Å². The molecule has 0 rings (SSSR count). The van der Waals surface area contributed by atoms with E-state index in [1.807, 2.05) is 0 Å². The first-order chi connectivity index (χ1) is 3.18. The number of nitrogens with one attached hydrogen (secondary N) is 1. The largest absolute Gasteiger partial charge is 0.308 e. The van der Waals surface area contributed by atoms with Gasteiger partial charge in [0.2, 0.25) is 0 Å². The molecule has 0 aromatic carbocycles. The molecule has 0 aliphatic carbocycles. The summed E-state index contributed by atoms with van der Waals surface area (Å²) in [6.07, 6.45) is 1.15. The number of halogens is 1. The Hall–Kier alpha value is -0.370. The van der Waals surface area contributed by atoms with E-state index in [1.165, 1.54) is 0 Å². The second-order valence-corrected chi connectivity index (χ2v) is 2.03. The highest BCUT2D eigenvalue weighted by atomic mass is 79.9. The van der Waals surface area contributed by atoms with Crippen LogP contribution in [0.1, 0.15) is 0 Å². The second kappa shape index (κ2) is 2.75. The molecule has 0 spiro atoms. The molecule has 0 unspecified atom stereocenters. The summed E-state index contributed by atoms with van der Waals surface area (Å²) in [5, 5.41) is 6.62. The minimum atomic E-state index is 0.611. The summed E-state index contributed by atoms with van der Waals surface area (Å²) in [5.41, 5.74) is 0.611. The molecule has 0 radical (unpaired) electrons. The zero-order valence-corrected chi connectivity index (χ0v) is 5.46. The zero-order chi connectivity index (χ0) is 5.86. The van der Waals surface area contributed by atoms with E-state index in [0.29, 0.717) is 10.1 Å². The summed E-state index contributed by atoms with van der Waals surface area (Å²) in [7, 11) is 0. The van der Waals surface area contributed by atoms with E-state index >= 15 is 0 Å². The van der Waals surface area contributed by atoms with Gasteiger partial charge in [-0.3, -0.25) is 0 Å². The predicted octanol–water partition coefficient (Wildman–Crippen LogP) is 2.10. The van der Waals surface area contributed by atoms with E-state index in [2.05, 4.69) is 29.1 Å². The van der Waals surface area contributed by atoms with E-state index in [1.54, 1.807) is 0 Å². The molecule has 2 heteroatoms. The molecule has 0 aromatic heterocycles. The average Bonchev–Trinajstić information content (AvgIpc) is 1.65. The normalized spacial score (nSPS) is 7.57. The van der Waals surface area contributed by atoms with Crippen LogP contribution in [0.4, 0.5) is 0 Å². The van der Waals surface area contributed by atoms with Crippen LogP contribution in [0, 0.1) is 5.41 Å². The van der Waals surface area contributed by atoms with Crippen molar-refractivity contribution in [2.75, 3.05) is 0 Å². The van der Waals surface area contributed by atoms with Gasteiger partial charge in [-0.1, -0.05) is 29.1 Å². The van der Waals surface area contributed by atoms with E-state index in [-0.39, 0.29) is 0 Å². The van der Waals surface area contributed by atoms with E-state index in [0.717, 1.165) is 6.21 Å². The first kappa shape index (κ1) is 6.63. The second-order valence-electron chi connectivity index (χ2n) is 1.07. The van der Waals surface area contributed by atoms with Crippen LogP contribution in [-0.4, -0.2) is 6.21 Å². The van der Waals surface area contributed by atoms with Gasteiger partial charge in [0.15, 0.2) is 0 Å². The highest BCUT2D eigenvalue weighted by Crippen LogP contribution is 2.08. The number of hydrogen-bond donors (Lipinski definition) is 1. The van der Waals surface area contributed by atoms with Gasteiger partial charge >= 0.3 is 0 Å². The van der Waals surface area contributed by atoms with Gasteiger partial charge < -0.3 is 5.41 Å². The van der Waals surface area contributed by atoms with Crippen molar-refractivity contribution in [1.82, 2.24) is 0 Å². The Morgan fingerprint density at radius 2 is 2.00 bits per heavy atom. The standard InChI is InChI=1S/C5H6BrN/c1-4(3-7)5(2)6/h3,7H,1-2H2. The van der Waals surface area contributed by atoms with Crippen molar-refractivity contribution < 1.29 is 0 Å². The number of hydrogen-bond acceptors (Lipinski definition) is 1. The lowest BCUT2D eigenvalue weighted by atomic mass is 10.3. The Kier molecular flexibility index (Phi) is 2.60. The molecular weight excluding hydrogens is 154 g/mol. The highest BCUT2D eigenvalue weighted by Gasteiger charge is 1.85. The van der Waals surface area contributed by atoms with Crippen molar-refractivity contribution in [2.45, 2.75) is 0 Å². The van der Waals surface area contributed by atoms with Crippen LogP contribution in [0.15, 0.2) is 23.2 Å². The summed E-state index contributed by atoms with van der Waals surface area (Å²) >= 11 is 3.05. The van der Waals surface area contributed by atoms with Crippen molar-refractivity contribution in [2.24, 2.45) is 0 Å². The third kappa shape index (κ3) is 2.34. The summed E-state index contributed by atoms with van der Waals surface area (Å²) in [6, 6.07) is 0. The van der Waals surface area contributed by atoms with Crippen LogP contribution >= 0.6 is 15.9 Å². The van der Waals surface area contributed by atoms with E-state index in [9.17, 15) is 0 Å². The van der Waals surface area contributed by atoms with E-state index < -0.39 is 0 Å². The fourth-order valence-corrected chi connectivity index (χ4v) is 0.193. The van der Waals surface area contributed by atoms with Crippen molar-refractivity contribution in [3.05, 3.63) is 23.2 Å². The molecule has 0 aliphatic rings. The molecule has 0 bridgehead atoms. The van der Waals surface area contributed by atoms with Crippen LogP contribution in [0.5, 0.6) is 0 Å². The fourth-order valence-electron chi connectivity index (χ4n) is 0.0783. The van der Waals surface area contributed by atoms with Gasteiger partial charge in [-0.15, -0.1) is 0 Å². The van der Waals surface area contributed by atoms with E-state index in [4.69, 9.17) is 5.41 Å². The Bertz CT molecular complexity index is 115. The minimum Gasteiger partial charge on any atom is -0.308 e. The topological polar surface area (TPSA) is 23.9 Å². The predicted molar refractivity (Wildman–Crippen MR) is 36.0 cm³/mol. The Morgan fingerprint density at radius 3 is 2.00 bits per heavy atom. The van der Waals surface area contributed by atoms with Crippen molar-refractivity contribution in [1.29, 1.82) is 5.41 Å². The molecule has 0 aliphatic heterocycles. The third-order valence-electron chi connectivity index (χ3n) is 0.523. The van der Waals surface area contributed by atoms with Gasteiger partial charge in [0.1, 0.15) is 0 Å². The lowest BCUT2D eigenvalue weighted by Crippen LogP contribution is -1.74. The third-order valence-corrected chi connectivity index (χ3v) is 1.03. The molecule has 0 atom stereocenters. The van der Waals surface area contributed by atoms with Gasteiger partial charge in [-0.05, 0) is 5.57 Å². The van der Waals surface area contributed by atoms with Gasteiger partial charge in [-0.2, -0.15) is 0 Å². The maximum Gasteiger partial charge on any atom is 0.0255 e. The van der Waals surface area contributed by atoms with Crippen LogP contribution in [0.3, 0.4) is 0 Å². The molecule has 0 fully saturated rings. The molecule has 0 saturated heterocycles. The van der Waals surface area contributed by atoms with Gasteiger partial charge in [-0.25, -0.2) is 0 Å². The van der Waals surface area contributed by atoms with Gasteiger partial charge in [0.25, 0.3) is 0 Å². The van der Waals surface area contributed by atoms with Crippen molar-refractivity contribution in [3.8, 4) is 0 Å². The molecule has 0 heterocycles. The first-order valence-electron chi connectivity index (χ1n) is 1.72. The highest BCUT2D eigenvalue weighted by molar-refractivity contribution is 9.12. The molecular formula is C5H6BrN. The number of rotatable bonds is 2. The molecule has 0 amide bonds. The molecule has 1 nitrogen and oxygen atoms in total.